The van der Waals surface area contributed by atoms with Crippen molar-refractivity contribution in [2.24, 2.45) is 27.9 Å². The van der Waals surface area contributed by atoms with Crippen molar-refractivity contribution in [2.75, 3.05) is 5.32 Å². The lowest BCUT2D eigenvalue weighted by Gasteiger charge is -2.26. The van der Waals surface area contributed by atoms with E-state index in [9.17, 15) is 19.6 Å². The molecule has 0 aliphatic carbocycles. The average Bonchev–Trinajstić information content (AvgIpc) is 2.88. The summed E-state index contributed by atoms with van der Waals surface area (Å²) in [5.74, 6) is -2.40. The number of rotatable bonds is 9. The molecular formula is C24H21N9O6. The third kappa shape index (κ3) is 6.09. The number of hydrogen-bond acceptors (Lipinski definition) is 10. The average molecular weight is 531 g/mol. The quantitative estimate of drug-likeness (QED) is 0.191. The summed E-state index contributed by atoms with van der Waals surface area (Å²) in [6, 6.07) is 12.0. The van der Waals surface area contributed by atoms with Crippen molar-refractivity contribution in [2.45, 2.75) is 18.9 Å². The Bertz CT molecular complexity index is 1550. The Morgan fingerprint density at radius 3 is 2.56 bits per heavy atom. The van der Waals surface area contributed by atoms with Gasteiger partial charge in [0.2, 0.25) is 17.7 Å². The zero-order valence-corrected chi connectivity index (χ0v) is 20.1. The van der Waals surface area contributed by atoms with Gasteiger partial charge in [-0.1, -0.05) is 12.1 Å². The number of carbonyl (C=O) groups is 3. The Morgan fingerprint density at radius 2 is 1.87 bits per heavy atom. The highest BCUT2D eigenvalue weighted by Gasteiger charge is 2.33. The highest BCUT2D eigenvalue weighted by atomic mass is 16.5. The topological polar surface area (TPSA) is 257 Å². The fourth-order valence-corrected chi connectivity index (χ4v) is 3.44. The maximum Gasteiger partial charge on any atom is 0.328 e. The normalized spacial score (nSPS) is 13.6. The molecule has 3 amide bonds. The summed E-state index contributed by atoms with van der Waals surface area (Å²) in [4.78, 5) is 48.1. The molecule has 1 atom stereocenters. The van der Waals surface area contributed by atoms with Crippen molar-refractivity contribution in [3.63, 3.8) is 0 Å². The van der Waals surface area contributed by atoms with E-state index in [2.05, 4.69) is 20.3 Å². The van der Waals surface area contributed by atoms with Gasteiger partial charge in [-0.05, 0) is 30.3 Å². The molecule has 0 radical (unpaired) electrons. The van der Waals surface area contributed by atoms with Crippen LogP contribution in [0, 0.1) is 11.3 Å². The molecule has 1 aliphatic rings. The summed E-state index contributed by atoms with van der Waals surface area (Å²) in [5.41, 5.74) is 21.7. The lowest BCUT2D eigenvalue weighted by molar-refractivity contribution is -0.124. The summed E-state index contributed by atoms with van der Waals surface area (Å²) in [6.45, 7) is 0. The first kappa shape index (κ1) is 26.2. The standard InChI is InChI=1S/C24H21N9O6/c25-10-11-5-6-12(9-13(11)19(27)35)37-21-18-22(38-16(20(36)31-18)7-8-17(26)34)33-24(32-21)39-15-4-2-1-3-14(15)30-23(28)29/h1-6,9,16H,7-8H2,(H2,26,34)(H2,27,35)(H,31,36)(H4,28,29,30). The van der Waals surface area contributed by atoms with Gasteiger partial charge in [-0.15, -0.1) is 0 Å². The molecule has 1 aliphatic heterocycles. The van der Waals surface area contributed by atoms with Crippen LogP contribution in [0.2, 0.25) is 0 Å². The first-order chi connectivity index (χ1) is 18.6. The number of nitrogens with one attached hydrogen (secondary N) is 1. The maximum absolute atomic E-state index is 12.7. The molecule has 0 saturated heterocycles. The first-order valence-electron chi connectivity index (χ1n) is 11.2. The Hall–Kier alpha value is -5.91. The van der Waals surface area contributed by atoms with Gasteiger partial charge < -0.3 is 42.5 Å². The van der Waals surface area contributed by atoms with E-state index in [-0.39, 0.29) is 70.6 Å². The van der Waals surface area contributed by atoms with Gasteiger partial charge in [0, 0.05) is 12.8 Å². The molecule has 15 nitrogen and oxygen atoms in total. The number of aromatic nitrogens is 2. The molecule has 198 valence electrons. The minimum atomic E-state index is -1.09. The number of guanidine groups is 1. The van der Waals surface area contributed by atoms with Crippen LogP contribution in [0.15, 0.2) is 47.5 Å². The van der Waals surface area contributed by atoms with Crippen LogP contribution in [0.25, 0.3) is 0 Å². The van der Waals surface area contributed by atoms with Crippen LogP contribution in [0.5, 0.6) is 29.3 Å². The monoisotopic (exact) mass is 531 g/mol. The molecule has 0 bridgehead atoms. The highest BCUT2D eigenvalue weighted by molar-refractivity contribution is 5.99. The Balaban J connectivity index is 1.77. The van der Waals surface area contributed by atoms with E-state index >= 15 is 0 Å². The first-order valence-corrected chi connectivity index (χ1v) is 11.2. The van der Waals surface area contributed by atoms with E-state index < -0.39 is 23.8 Å². The number of nitrogens with two attached hydrogens (primary N) is 4. The van der Waals surface area contributed by atoms with Crippen molar-refractivity contribution >= 4 is 35.1 Å². The van der Waals surface area contributed by atoms with Crippen LogP contribution in [0.1, 0.15) is 28.8 Å². The number of ether oxygens (including phenoxy) is 3. The molecule has 2 aromatic carbocycles. The molecule has 3 aromatic rings. The van der Waals surface area contributed by atoms with Crippen molar-refractivity contribution in [3.05, 3.63) is 53.6 Å². The molecule has 15 heteroatoms. The van der Waals surface area contributed by atoms with Crippen LogP contribution in [-0.2, 0) is 9.59 Å². The van der Waals surface area contributed by atoms with E-state index in [1.165, 1.54) is 18.2 Å². The van der Waals surface area contributed by atoms with Gasteiger partial charge in [0.05, 0.1) is 17.2 Å². The van der Waals surface area contributed by atoms with Crippen molar-refractivity contribution in [3.8, 4) is 35.3 Å². The second kappa shape index (κ2) is 11.0. The summed E-state index contributed by atoms with van der Waals surface area (Å²) in [6.07, 6.45) is -1.22. The number of amides is 3. The van der Waals surface area contributed by atoms with E-state index in [0.717, 1.165) is 0 Å². The third-order valence-electron chi connectivity index (χ3n) is 5.18. The summed E-state index contributed by atoms with van der Waals surface area (Å²) in [5, 5.41) is 11.8. The highest BCUT2D eigenvalue weighted by Crippen LogP contribution is 2.41. The van der Waals surface area contributed by atoms with Gasteiger partial charge >= 0.3 is 6.01 Å². The minimum Gasteiger partial charge on any atom is -0.462 e. The number of fused-ring (bicyclic) bond motifs is 1. The molecular weight excluding hydrogens is 510 g/mol. The number of anilines is 1. The molecule has 1 unspecified atom stereocenters. The SMILES string of the molecule is N#Cc1ccc(Oc2nc(Oc3ccccc3N=C(N)N)nc3c2NC(=O)C(CCC(N)=O)O3)cc1C(N)=O. The second-order valence-electron chi connectivity index (χ2n) is 7.98. The van der Waals surface area contributed by atoms with Crippen molar-refractivity contribution < 1.29 is 28.6 Å². The lowest BCUT2D eigenvalue weighted by atomic mass is 10.1. The molecule has 4 rings (SSSR count). The van der Waals surface area contributed by atoms with Crippen molar-refractivity contribution in [1.82, 2.24) is 9.97 Å². The lowest BCUT2D eigenvalue weighted by Crippen LogP contribution is -2.38. The van der Waals surface area contributed by atoms with E-state index in [1.54, 1.807) is 24.3 Å². The zero-order valence-electron chi connectivity index (χ0n) is 20.1. The van der Waals surface area contributed by atoms with Gasteiger partial charge in [0.1, 0.15) is 11.4 Å². The Morgan fingerprint density at radius 1 is 1.10 bits per heavy atom. The van der Waals surface area contributed by atoms with Crippen molar-refractivity contribution in [1.29, 1.82) is 5.26 Å². The van der Waals surface area contributed by atoms with E-state index in [1.807, 2.05) is 6.07 Å². The fourth-order valence-electron chi connectivity index (χ4n) is 3.44. The largest absolute Gasteiger partial charge is 0.462 e. The number of aliphatic imine (C=N–C) groups is 1. The Kier molecular flexibility index (Phi) is 7.38. The van der Waals surface area contributed by atoms with Crippen LogP contribution < -0.4 is 42.5 Å². The summed E-state index contributed by atoms with van der Waals surface area (Å²) < 4.78 is 17.4. The van der Waals surface area contributed by atoms with Gasteiger partial charge in [-0.25, -0.2) is 4.99 Å². The fraction of sp³-hybridized carbons (Fsp3) is 0.125. The third-order valence-corrected chi connectivity index (χ3v) is 5.18. The number of para-hydroxylation sites is 2. The second-order valence-corrected chi connectivity index (χ2v) is 7.98. The van der Waals surface area contributed by atoms with Crippen LogP contribution in [0.4, 0.5) is 11.4 Å². The predicted octanol–water partition coefficient (Wildman–Crippen LogP) is 0.902. The van der Waals surface area contributed by atoms with Gasteiger partial charge in [-0.2, -0.15) is 15.2 Å². The summed E-state index contributed by atoms with van der Waals surface area (Å²) in [7, 11) is 0. The molecule has 9 N–H and O–H groups in total. The van der Waals surface area contributed by atoms with Gasteiger partial charge in [0.15, 0.2) is 23.5 Å². The maximum atomic E-state index is 12.7. The Labute approximate surface area is 220 Å². The molecule has 1 aromatic heterocycles. The van der Waals surface area contributed by atoms with E-state index in [0.29, 0.717) is 0 Å². The van der Waals surface area contributed by atoms with Gasteiger partial charge in [-0.3, -0.25) is 14.4 Å². The number of benzene rings is 2. The van der Waals surface area contributed by atoms with Crippen LogP contribution >= 0.6 is 0 Å². The number of primary amides is 2. The molecule has 0 saturated carbocycles. The van der Waals surface area contributed by atoms with Gasteiger partial charge in [0.25, 0.3) is 11.8 Å². The predicted molar refractivity (Wildman–Crippen MR) is 135 cm³/mol. The van der Waals surface area contributed by atoms with Crippen LogP contribution in [0.3, 0.4) is 0 Å². The number of nitriles is 1. The molecule has 0 fully saturated rings. The smallest absolute Gasteiger partial charge is 0.328 e. The number of hydrogen-bond donors (Lipinski definition) is 5. The molecule has 39 heavy (non-hydrogen) atoms. The zero-order chi connectivity index (χ0) is 28.1. The molecule has 0 spiro atoms. The van der Waals surface area contributed by atoms with Crippen LogP contribution in [-0.4, -0.2) is 39.8 Å². The number of nitrogens with zero attached hydrogens (tertiary/aromatic N) is 4. The molecule has 2 heterocycles. The minimum absolute atomic E-state index is 0.0120. The summed E-state index contributed by atoms with van der Waals surface area (Å²) >= 11 is 0. The van der Waals surface area contributed by atoms with E-state index in [4.69, 9.17) is 37.1 Å². The number of carbonyl (C=O) groups excluding carboxylic acids is 3.